The molecule has 90 valence electrons. The number of nitrogens with zero attached hydrogens (tertiary/aromatic N) is 6. The van der Waals surface area contributed by atoms with Crippen LogP contribution >= 0.6 is 0 Å². The fourth-order valence-corrected chi connectivity index (χ4v) is 1.79. The van der Waals surface area contributed by atoms with Gasteiger partial charge < -0.3 is 4.57 Å². The van der Waals surface area contributed by atoms with Gasteiger partial charge in [-0.1, -0.05) is 0 Å². The first-order valence-electron chi connectivity index (χ1n) is 5.64. The average Bonchev–Trinajstić information content (AvgIpc) is 2.77. The van der Waals surface area contributed by atoms with Crippen molar-refractivity contribution in [2.24, 2.45) is 0 Å². The Labute approximate surface area is 104 Å². The van der Waals surface area contributed by atoms with Gasteiger partial charge in [0.1, 0.15) is 11.8 Å². The van der Waals surface area contributed by atoms with Crippen molar-refractivity contribution in [3.8, 4) is 0 Å². The molecule has 0 saturated heterocycles. The molecule has 0 amide bonds. The Bertz CT molecular complexity index is 685. The van der Waals surface area contributed by atoms with E-state index in [4.69, 9.17) is 0 Å². The van der Waals surface area contributed by atoms with E-state index in [1.54, 1.807) is 25.0 Å². The Kier molecular flexibility index (Phi) is 2.47. The van der Waals surface area contributed by atoms with Crippen molar-refractivity contribution < 1.29 is 0 Å². The number of hydrogen-bond donors (Lipinski definition) is 0. The van der Waals surface area contributed by atoms with Crippen LogP contribution in [0.15, 0.2) is 25.0 Å². The summed E-state index contributed by atoms with van der Waals surface area (Å²) in [6.45, 7) is 4.45. The first-order valence-corrected chi connectivity index (χ1v) is 5.64. The molecule has 0 aliphatic heterocycles. The Hall–Kier alpha value is -2.37. The molecular formula is C12H12N6. The molecular weight excluding hydrogens is 228 g/mol. The zero-order valence-electron chi connectivity index (χ0n) is 10.2. The maximum atomic E-state index is 4.33. The van der Waals surface area contributed by atoms with Crippen LogP contribution in [-0.2, 0) is 6.54 Å². The number of rotatable bonds is 2. The summed E-state index contributed by atoms with van der Waals surface area (Å²) in [5.41, 5.74) is 4.33. The van der Waals surface area contributed by atoms with Gasteiger partial charge in [-0.15, -0.1) is 0 Å². The molecule has 18 heavy (non-hydrogen) atoms. The first-order chi connectivity index (χ1) is 8.74. The van der Waals surface area contributed by atoms with Crippen molar-refractivity contribution >= 4 is 11.2 Å². The fourth-order valence-electron chi connectivity index (χ4n) is 1.79. The molecule has 0 fully saturated rings. The third kappa shape index (κ3) is 1.81. The van der Waals surface area contributed by atoms with Crippen molar-refractivity contribution in [2.75, 3.05) is 0 Å². The van der Waals surface area contributed by atoms with Crippen LogP contribution in [0.25, 0.3) is 11.2 Å². The third-order valence-electron chi connectivity index (χ3n) is 2.75. The summed E-state index contributed by atoms with van der Waals surface area (Å²) >= 11 is 0. The summed E-state index contributed by atoms with van der Waals surface area (Å²) < 4.78 is 1.95. The molecule has 0 spiro atoms. The lowest BCUT2D eigenvalue weighted by Gasteiger charge is -2.03. The normalized spacial score (nSPS) is 11.0. The molecule has 6 heteroatoms. The van der Waals surface area contributed by atoms with Crippen LogP contribution in [0, 0.1) is 13.8 Å². The molecule has 0 bridgehead atoms. The molecule has 3 aromatic heterocycles. The molecule has 0 aromatic carbocycles. The molecule has 3 heterocycles. The molecule has 3 rings (SSSR count). The summed E-state index contributed by atoms with van der Waals surface area (Å²) in [5.74, 6) is 0. The van der Waals surface area contributed by atoms with Gasteiger partial charge in [0.2, 0.25) is 0 Å². The van der Waals surface area contributed by atoms with Crippen molar-refractivity contribution in [1.29, 1.82) is 0 Å². The van der Waals surface area contributed by atoms with E-state index < -0.39 is 0 Å². The van der Waals surface area contributed by atoms with Crippen LogP contribution in [-0.4, -0.2) is 29.5 Å². The largest absolute Gasteiger partial charge is 0.309 e. The molecule has 0 unspecified atom stereocenters. The van der Waals surface area contributed by atoms with Gasteiger partial charge in [0.05, 0.1) is 36.2 Å². The van der Waals surface area contributed by atoms with Gasteiger partial charge in [0, 0.05) is 6.20 Å². The fraction of sp³-hybridized carbons (Fsp3) is 0.250. The van der Waals surface area contributed by atoms with Crippen molar-refractivity contribution in [1.82, 2.24) is 29.5 Å². The standard InChI is InChI=1S/C12H12N6/c1-8-3-14-10(4-13-8)5-18-7-17-11-9(2)15-6-16-12(11)18/h3-4,6-7H,5H2,1-2H3. The lowest BCUT2D eigenvalue weighted by atomic mass is 10.4. The van der Waals surface area contributed by atoms with E-state index in [-0.39, 0.29) is 0 Å². The predicted octanol–water partition coefficient (Wildman–Crippen LogP) is 1.28. The van der Waals surface area contributed by atoms with Gasteiger partial charge in [-0.2, -0.15) is 0 Å². The van der Waals surface area contributed by atoms with Crippen LogP contribution in [0.1, 0.15) is 17.1 Å². The minimum absolute atomic E-state index is 0.611. The van der Waals surface area contributed by atoms with Gasteiger partial charge in [-0.25, -0.2) is 15.0 Å². The molecule has 0 N–H and O–H groups in total. The van der Waals surface area contributed by atoms with Gasteiger partial charge in [0.15, 0.2) is 5.65 Å². The second-order valence-corrected chi connectivity index (χ2v) is 4.15. The number of aromatic nitrogens is 6. The Morgan fingerprint density at radius 1 is 1.00 bits per heavy atom. The average molecular weight is 240 g/mol. The SMILES string of the molecule is Cc1cnc(Cn2cnc3c(C)ncnc32)cn1. The van der Waals surface area contributed by atoms with Crippen molar-refractivity contribution in [3.05, 3.63) is 42.1 Å². The maximum absolute atomic E-state index is 4.33. The van der Waals surface area contributed by atoms with E-state index >= 15 is 0 Å². The van der Waals surface area contributed by atoms with Gasteiger partial charge in [-0.05, 0) is 13.8 Å². The quantitative estimate of drug-likeness (QED) is 0.675. The Morgan fingerprint density at radius 3 is 2.67 bits per heavy atom. The Morgan fingerprint density at radius 2 is 1.89 bits per heavy atom. The van der Waals surface area contributed by atoms with Crippen LogP contribution in [0.4, 0.5) is 0 Å². The van der Waals surface area contributed by atoms with Crippen LogP contribution < -0.4 is 0 Å². The summed E-state index contributed by atoms with van der Waals surface area (Å²) in [7, 11) is 0. The zero-order valence-corrected chi connectivity index (χ0v) is 10.2. The third-order valence-corrected chi connectivity index (χ3v) is 2.75. The topological polar surface area (TPSA) is 69.4 Å². The number of aryl methyl sites for hydroxylation is 2. The summed E-state index contributed by atoms with van der Waals surface area (Å²) in [6.07, 6.45) is 6.84. The highest BCUT2D eigenvalue weighted by Crippen LogP contribution is 2.12. The smallest absolute Gasteiger partial charge is 0.163 e. The van der Waals surface area contributed by atoms with E-state index in [1.807, 2.05) is 18.4 Å². The number of imidazole rings is 1. The minimum Gasteiger partial charge on any atom is -0.309 e. The van der Waals surface area contributed by atoms with Crippen LogP contribution in [0.3, 0.4) is 0 Å². The maximum Gasteiger partial charge on any atom is 0.163 e. The second kappa shape index (κ2) is 4.14. The molecule has 0 aliphatic rings. The Balaban J connectivity index is 2.00. The minimum atomic E-state index is 0.611. The van der Waals surface area contributed by atoms with Gasteiger partial charge >= 0.3 is 0 Å². The molecule has 3 aromatic rings. The lowest BCUT2D eigenvalue weighted by molar-refractivity contribution is 0.778. The van der Waals surface area contributed by atoms with E-state index in [1.165, 1.54) is 0 Å². The highest BCUT2D eigenvalue weighted by molar-refractivity contribution is 5.72. The van der Waals surface area contributed by atoms with E-state index in [9.17, 15) is 0 Å². The predicted molar refractivity (Wildman–Crippen MR) is 65.9 cm³/mol. The highest BCUT2D eigenvalue weighted by Gasteiger charge is 2.07. The van der Waals surface area contributed by atoms with E-state index in [0.717, 1.165) is 28.2 Å². The molecule has 0 atom stereocenters. The van der Waals surface area contributed by atoms with Crippen molar-refractivity contribution in [3.63, 3.8) is 0 Å². The lowest BCUT2D eigenvalue weighted by Crippen LogP contribution is -2.02. The number of fused-ring (bicyclic) bond motifs is 1. The number of hydrogen-bond acceptors (Lipinski definition) is 5. The summed E-state index contributed by atoms with van der Waals surface area (Å²) in [5, 5.41) is 0. The van der Waals surface area contributed by atoms with Crippen LogP contribution in [0.2, 0.25) is 0 Å². The van der Waals surface area contributed by atoms with E-state index in [0.29, 0.717) is 6.54 Å². The molecule has 0 aliphatic carbocycles. The van der Waals surface area contributed by atoms with Crippen LogP contribution in [0.5, 0.6) is 0 Å². The van der Waals surface area contributed by atoms with E-state index in [2.05, 4.69) is 24.9 Å². The molecule has 0 saturated carbocycles. The monoisotopic (exact) mass is 240 g/mol. The first kappa shape index (κ1) is 10.8. The van der Waals surface area contributed by atoms with Crippen molar-refractivity contribution in [2.45, 2.75) is 20.4 Å². The van der Waals surface area contributed by atoms with Gasteiger partial charge in [-0.3, -0.25) is 9.97 Å². The highest BCUT2D eigenvalue weighted by atomic mass is 15.1. The zero-order chi connectivity index (χ0) is 12.5. The summed E-state index contributed by atoms with van der Waals surface area (Å²) in [6, 6.07) is 0. The second-order valence-electron chi connectivity index (χ2n) is 4.15. The molecule has 0 radical (unpaired) electrons. The molecule has 6 nitrogen and oxygen atoms in total. The summed E-state index contributed by atoms with van der Waals surface area (Å²) in [4.78, 5) is 21.3. The van der Waals surface area contributed by atoms with Gasteiger partial charge in [0.25, 0.3) is 0 Å².